The molecule has 30 heavy (non-hydrogen) atoms. The number of allylic oxidation sites excluding steroid dienone is 1. The van der Waals surface area contributed by atoms with Gasteiger partial charge in [0, 0.05) is 67.1 Å². The molecule has 2 heterocycles. The Labute approximate surface area is 178 Å². The summed E-state index contributed by atoms with van der Waals surface area (Å²) >= 11 is 0. The number of hydrogen-bond donors (Lipinski definition) is 3. The molecular formula is C22H29N5O2S. The predicted octanol–water partition coefficient (Wildman–Crippen LogP) is 3.20. The molecule has 2 fully saturated rings. The molecule has 2 aliphatic rings. The lowest BCUT2D eigenvalue weighted by molar-refractivity contribution is 0.329. The topological polar surface area (TPSA) is 98.2 Å². The molecule has 4 rings (SSSR count). The fraction of sp³-hybridized carbons (Fsp3) is 0.455. The van der Waals surface area contributed by atoms with Crippen molar-refractivity contribution in [2.45, 2.75) is 43.9 Å². The molecular weight excluding hydrogens is 398 g/mol. The lowest BCUT2D eigenvalue weighted by Gasteiger charge is -2.32. The van der Waals surface area contributed by atoms with Crippen molar-refractivity contribution in [3.63, 3.8) is 0 Å². The van der Waals surface area contributed by atoms with Gasteiger partial charge in [-0.3, -0.25) is 4.98 Å². The largest absolute Gasteiger partial charge is 0.391 e. The van der Waals surface area contributed by atoms with E-state index in [0.717, 1.165) is 59.8 Å². The molecule has 8 heteroatoms. The molecule has 3 N–H and O–H groups in total. The predicted molar refractivity (Wildman–Crippen MR) is 122 cm³/mol. The van der Waals surface area contributed by atoms with E-state index in [1.807, 2.05) is 25.4 Å². The minimum absolute atomic E-state index is 0.142. The number of sulfonamides is 1. The third-order valence-electron chi connectivity index (χ3n) is 5.83. The number of anilines is 1. The van der Waals surface area contributed by atoms with E-state index < -0.39 is 10.0 Å². The molecule has 0 spiro atoms. The summed E-state index contributed by atoms with van der Waals surface area (Å²) < 4.78 is 26.7. The molecule has 0 atom stereocenters. The molecule has 2 aromatic rings. The van der Waals surface area contributed by atoms with Gasteiger partial charge in [0.15, 0.2) is 0 Å². The first-order valence-electron chi connectivity index (χ1n) is 10.6. The van der Waals surface area contributed by atoms with E-state index >= 15 is 0 Å². The summed E-state index contributed by atoms with van der Waals surface area (Å²) in [6.07, 6.45) is 10.0. The third-order valence-corrected chi connectivity index (χ3v) is 8.22. The second-order valence-corrected chi connectivity index (χ2v) is 10.2. The van der Waals surface area contributed by atoms with Gasteiger partial charge in [-0.25, -0.2) is 12.7 Å². The van der Waals surface area contributed by atoms with Gasteiger partial charge in [-0.1, -0.05) is 0 Å². The van der Waals surface area contributed by atoms with E-state index in [1.165, 1.54) is 6.21 Å². The first kappa shape index (κ1) is 20.8. The highest BCUT2D eigenvalue weighted by Crippen LogP contribution is 2.33. The maximum Gasteiger partial charge on any atom is 0.216 e. The monoisotopic (exact) mass is 427 g/mol. The van der Waals surface area contributed by atoms with Crippen molar-refractivity contribution < 1.29 is 8.42 Å². The minimum Gasteiger partial charge on any atom is -0.391 e. The van der Waals surface area contributed by atoms with Crippen LogP contribution in [0.4, 0.5) is 5.69 Å². The quantitative estimate of drug-likeness (QED) is 0.562. The summed E-state index contributed by atoms with van der Waals surface area (Å²) in [5.74, 6) is 0. The zero-order valence-electron chi connectivity index (χ0n) is 17.3. The normalized spacial score (nSPS) is 19.0. The molecule has 0 radical (unpaired) electrons. The zero-order valence-corrected chi connectivity index (χ0v) is 18.1. The maximum atomic E-state index is 12.5. The van der Waals surface area contributed by atoms with Crippen molar-refractivity contribution >= 4 is 38.3 Å². The van der Waals surface area contributed by atoms with Gasteiger partial charge in [-0.2, -0.15) is 0 Å². The molecule has 1 saturated heterocycles. The van der Waals surface area contributed by atoms with E-state index in [9.17, 15) is 8.42 Å². The molecule has 1 saturated carbocycles. The number of piperidine rings is 1. The summed E-state index contributed by atoms with van der Waals surface area (Å²) in [5.41, 5.74) is 2.74. The van der Waals surface area contributed by atoms with Gasteiger partial charge in [-0.15, -0.1) is 0 Å². The highest BCUT2D eigenvalue weighted by Gasteiger charge is 2.41. The van der Waals surface area contributed by atoms with Crippen molar-refractivity contribution in [3.05, 3.63) is 42.4 Å². The fourth-order valence-electron chi connectivity index (χ4n) is 3.96. The molecule has 0 bridgehead atoms. The number of nitrogens with zero attached hydrogens (tertiary/aromatic N) is 2. The van der Waals surface area contributed by atoms with E-state index in [4.69, 9.17) is 5.41 Å². The van der Waals surface area contributed by atoms with Gasteiger partial charge in [0.1, 0.15) is 0 Å². The number of nitrogens with one attached hydrogen (secondary N) is 3. The Bertz CT molecular complexity index is 1050. The van der Waals surface area contributed by atoms with Crippen LogP contribution < -0.4 is 10.6 Å². The van der Waals surface area contributed by atoms with Crippen LogP contribution in [0.1, 0.15) is 38.2 Å². The lowest BCUT2D eigenvalue weighted by atomic mass is 10.00. The van der Waals surface area contributed by atoms with Gasteiger partial charge in [0.2, 0.25) is 10.0 Å². The summed E-state index contributed by atoms with van der Waals surface area (Å²) in [6.45, 7) is 3.95. The average molecular weight is 428 g/mol. The molecule has 0 amide bonds. The summed E-state index contributed by atoms with van der Waals surface area (Å²) in [6, 6.07) is 6.31. The summed E-state index contributed by atoms with van der Waals surface area (Å²) in [5, 5.41) is 16.5. The van der Waals surface area contributed by atoms with Gasteiger partial charge < -0.3 is 16.0 Å². The first-order valence-corrected chi connectivity index (χ1v) is 12.1. The highest BCUT2D eigenvalue weighted by atomic mass is 32.2. The standard InChI is InChI=1S/C22H29N5O2S/c1-2-24-14-18(13-23)17-11-16-5-8-25-15-21(16)22(12-17)26-19-6-9-27(10-7-19)30(28,29)20-3-4-20/h5,8,11-15,19-20,23-24,26H,2-4,6-7,9-10H2,1H3/b18-14+,23-13?. The molecule has 1 aromatic heterocycles. The van der Waals surface area contributed by atoms with Crippen LogP contribution in [0.2, 0.25) is 0 Å². The van der Waals surface area contributed by atoms with E-state index in [2.05, 4.69) is 27.8 Å². The van der Waals surface area contributed by atoms with Crippen molar-refractivity contribution in [1.29, 1.82) is 5.41 Å². The Hall–Kier alpha value is -2.45. The Morgan fingerprint density at radius 3 is 2.70 bits per heavy atom. The Morgan fingerprint density at radius 2 is 2.03 bits per heavy atom. The van der Waals surface area contributed by atoms with Crippen molar-refractivity contribution in [3.8, 4) is 0 Å². The molecule has 7 nitrogen and oxygen atoms in total. The fourth-order valence-corrected chi connectivity index (χ4v) is 5.83. The molecule has 0 unspecified atom stereocenters. The SMILES string of the molecule is CCN/C=C(\C=N)c1cc(NC2CCN(S(=O)(=O)C3CC3)CC2)c2cnccc2c1. The van der Waals surface area contributed by atoms with Crippen LogP contribution in [0.25, 0.3) is 16.3 Å². The second-order valence-electron chi connectivity index (χ2n) is 7.98. The van der Waals surface area contributed by atoms with Crippen LogP contribution in [-0.2, 0) is 10.0 Å². The van der Waals surface area contributed by atoms with Crippen molar-refractivity contribution in [2.24, 2.45) is 0 Å². The van der Waals surface area contributed by atoms with Gasteiger partial charge in [0.25, 0.3) is 0 Å². The number of benzene rings is 1. The molecule has 160 valence electrons. The molecule has 1 aliphatic heterocycles. The number of rotatable bonds is 8. The summed E-state index contributed by atoms with van der Waals surface area (Å²) in [4.78, 5) is 4.28. The zero-order chi connectivity index (χ0) is 21.1. The van der Waals surface area contributed by atoms with Crippen LogP contribution in [0.5, 0.6) is 0 Å². The molecule has 1 aromatic carbocycles. The minimum atomic E-state index is -3.09. The average Bonchev–Trinajstić information content (AvgIpc) is 3.61. The van der Waals surface area contributed by atoms with Crippen LogP contribution in [0, 0.1) is 5.41 Å². The molecule has 1 aliphatic carbocycles. The van der Waals surface area contributed by atoms with Crippen molar-refractivity contribution in [2.75, 3.05) is 25.0 Å². The Kier molecular flexibility index (Phi) is 6.06. The van der Waals surface area contributed by atoms with Gasteiger partial charge in [0.05, 0.1) is 5.25 Å². The summed E-state index contributed by atoms with van der Waals surface area (Å²) in [7, 11) is -3.09. The Balaban J connectivity index is 1.55. The van der Waals surface area contributed by atoms with Crippen molar-refractivity contribution in [1.82, 2.24) is 14.6 Å². The van der Waals surface area contributed by atoms with E-state index in [0.29, 0.717) is 13.1 Å². The maximum absolute atomic E-state index is 12.5. The number of fused-ring (bicyclic) bond motifs is 1. The van der Waals surface area contributed by atoms with E-state index in [-0.39, 0.29) is 11.3 Å². The van der Waals surface area contributed by atoms with Gasteiger partial charge >= 0.3 is 0 Å². The lowest BCUT2D eigenvalue weighted by Crippen LogP contribution is -2.43. The van der Waals surface area contributed by atoms with Gasteiger partial charge in [-0.05, 0) is 61.8 Å². The van der Waals surface area contributed by atoms with Crippen LogP contribution in [0.3, 0.4) is 0 Å². The van der Waals surface area contributed by atoms with Crippen LogP contribution >= 0.6 is 0 Å². The van der Waals surface area contributed by atoms with E-state index in [1.54, 1.807) is 10.5 Å². The number of pyridine rings is 1. The smallest absolute Gasteiger partial charge is 0.216 e. The second kappa shape index (κ2) is 8.73. The van der Waals surface area contributed by atoms with Crippen LogP contribution in [-0.4, -0.2) is 54.8 Å². The first-order chi connectivity index (χ1) is 14.5. The number of hydrogen-bond acceptors (Lipinski definition) is 6. The van der Waals surface area contributed by atoms with Crippen LogP contribution in [0.15, 0.2) is 36.8 Å². The number of aromatic nitrogens is 1. The third kappa shape index (κ3) is 4.34. The highest BCUT2D eigenvalue weighted by molar-refractivity contribution is 7.90. The Morgan fingerprint density at radius 1 is 1.27 bits per heavy atom.